The molecule has 0 saturated heterocycles. The van der Waals surface area contributed by atoms with Crippen molar-refractivity contribution in [2.75, 3.05) is 6.54 Å². The van der Waals surface area contributed by atoms with Gasteiger partial charge in [0.2, 0.25) is 0 Å². The van der Waals surface area contributed by atoms with Crippen LogP contribution in [-0.4, -0.2) is 11.5 Å². The van der Waals surface area contributed by atoms with Gasteiger partial charge in [-0.2, -0.15) is 0 Å². The third kappa shape index (κ3) is 3.58. The van der Waals surface area contributed by atoms with Crippen molar-refractivity contribution in [1.29, 1.82) is 0 Å². The summed E-state index contributed by atoms with van der Waals surface area (Å²) >= 11 is 1.71. The molecule has 0 amide bonds. The minimum Gasteiger partial charge on any atom is -0.313 e. The van der Waals surface area contributed by atoms with Crippen LogP contribution in [0.1, 0.15) is 12.5 Å². The minimum absolute atomic E-state index is 0.875. The topological polar surface area (TPSA) is 24.9 Å². The van der Waals surface area contributed by atoms with E-state index in [2.05, 4.69) is 47.6 Å². The number of benzene rings is 1. The predicted octanol–water partition coefficient (Wildman–Crippen LogP) is 3.34. The molecule has 2 nitrogen and oxygen atoms in total. The van der Waals surface area contributed by atoms with Gasteiger partial charge in [0.1, 0.15) is 5.03 Å². The highest BCUT2D eigenvalue weighted by Gasteiger charge is 2.04. The summed E-state index contributed by atoms with van der Waals surface area (Å²) in [6.45, 7) is 3.96. The van der Waals surface area contributed by atoms with Crippen LogP contribution in [0.2, 0.25) is 0 Å². The van der Waals surface area contributed by atoms with Crippen molar-refractivity contribution in [2.45, 2.75) is 23.4 Å². The molecule has 0 bridgehead atoms. The zero-order valence-electron chi connectivity index (χ0n) is 9.89. The smallest absolute Gasteiger partial charge is 0.105 e. The number of rotatable bonds is 5. The Kier molecular flexibility index (Phi) is 4.59. The minimum atomic E-state index is 0.875. The van der Waals surface area contributed by atoms with Gasteiger partial charge >= 0.3 is 0 Å². The molecular weight excluding hydrogens is 228 g/mol. The highest BCUT2D eigenvalue weighted by atomic mass is 32.2. The average molecular weight is 244 g/mol. The number of nitrogens with one attached hydrogen (secondary N) is 1. The van der Waals surface area contributed by atoms with Gasteiger partial charge in [0.25, 0.3) is 0 Å². The Morgan fingerprint density at radius 3 is 2.71 bits per heavy atom. The molecule has 17 heavy (non-hydrogen) atoms. The summed E-state index contributed by atoms with van der Waals surface area (Å²) in [7, 11) is 0. The standard InChI is InChI=1S/C14H16N2S/c1-2-15-11-12-7-6-10-16-14(12)17-13-8-4-3-5-9-13/h3-10,15H,2,11H2,1H3. The number of nitrogens with zero attached hydrogens (tertiary/aromatic N) is 1. The molecule has 0 radical (unpaired) electrons. The van der Waals surface area contributed by atoms with Crippen LogP contribution in [0.3, 0.4) is 0 Å². The average Bonchev–Trinajstić information content (AvgIpc) is 2.39. The van der Waals surface area contributed by atoms with Gasteiger partial charge in [-0.3, -0.25) is 0 Å². The lowest BCUT2D eigenvalue weighted by Crippen LogP contribution is -2.12. The molecule has 2 aromatic rings. The Balaban J connectivity index is 2.15. The molecule has 0 spiro atoms. The Hall–Kier alpha value is -1.32. The van der Waals surface area contributed by atoms with Crippen molar-refractivity contribution in [3.8, 4) is 0 Å². The van der Waals surface area contributed by atoms with Gasteiger partial charge in [0.15, 0.2) is 0 Å². The summed E-state index contributed by atoms with van der Waals surface area (Å²) < 4.78 is 0. The van der Waals surface area contributed by atoms with Crippen molar-refractivity contribution in [3.05, 3.63) is 54.2 Å². The number of pyridine rings is 1. The maximum atomic E-state index is 4.45. The molecule has 3 heteroatoms. The monoisotopic (exact) mass is 244 g/mol. The van der Waals surface area contributed by atoms with Crippen LogP contribution < -0.4 is 5.32 Å². The molecule has 0 aliphatic heterocycles. The normalized spacial score (nSPS) is 10.4. The fourth-order valence-corrected chi connectivity index (χ4v) is 2.41. The maximum absolute atomic E-state index is 4.45. The molecule has 1 N–H and O–H groups in total. The summed E-state index contributed by atoms with van der Waals surface area (Å²) in [5.41, 5.74) is 1.25. The third-order valence-corrected chi connectivity index (χ3v) is 3.44. The second-order valence-electron chi connectivity index (χ2n) is 3.66. The molecule has 1 heterocycles. The molecule has 0 saturated carbocycles. The summed E-state index contributed by atoms with van der Waals surface area (Å²) in [4.78, 5) is 5.68. The maximum Gasteiger partial charge on any atom is 0.105 e. The quantitative estimate of drug-likeness (QED) is 0.873. The first kappa shape index (κ1) is 12.1. The number of hydrogen-bond donors (Lipinski definition) is 1. The van der Waals surface area contributed by atoms with Crippen LogP contribution in [0.15, 0.2) is 58.6 Å². The molecule has 0 unspecified atom stereocenters. The van der Waals surface area contributed by atoms with E-state index in [0.717, 1.165) is 18.1 Å². The van der Waals surface area contributed by atoms with Gasteiger partial charge in [-0.25, -0.2) is 4.98 Å². The van der Waals surface area contributed by atoms with Crippen LogP contribution >= 0.6 is 11.8 Å². The van der Waals surface area contributed by atoms with Crippen molar-refractivity contribution in [1.82, 2.24) is 10.3 Å². The molecule has 0 atom stereocenters. The predicted molar refractivity (Wildman–Crippen MR) is 72.2 cm³/mol. The van der Waals surface area contributed by atoms with Crippen molar-refractivity contribution >= 4 is 11.8 Å². The van der Waals surface area contributed by atoms with Gasteiger partial charge in [-0.15, -0.1) is 0 Å². The van der Waals surface area contributed by atoms with Crippen LogP contribution in [0.5, 0.6) is 0 Å². The van der Waals surface area contributed by atoms with E-state index in [9.17, 15) is 0 Å². The fourth-order valence-electron chi connectivity index (χ4n) is 1.51. The van der Waals surface area contributed by atoms with E-state index in [0.29, 0.717) is 0 Å². The summed E-state index contributed by atoms with van der Waals surface area (Å²) in [5.74, 6) is 0. The Morgan fingerprint density at radius 1 is 1.12 bits per heavy atom. The molecule has 0 fully saturated rings. The molecule has 1 aromatic heterocycles. The van der Waals surface area contributed by atoms with Gasteiger partial charge < -0.3 is 5.32 Å². The molecule has 1 aromatic carbocycles. The van der Waals surface area contributed by atoms with E-state index < -0.39 is 0 Å². The second kappa shape index (κ2) is 6.42. The van der Waals surface area contributed by atoms with E-state index in [4.69, 9.17) is 0 Å². The van der Waals surface area contributed by atoms with E-state index in [1.807, 2.05) is 18.3 Å². The van der Waals surface area contributed by atoms with Crippen LogP contribution in [0.4, 0.5) is 0 Å². The van der Waals surface area contributed by atoms with Gasteiger partial charge in [-0.1, -0.05) is 43.0 Å². The van der Waals surface area contributed by atoms with Crippen molar-refractivity contribution < 1.29 is 0 Å². The molecule has 88 valence electrons. The first-order valence-electron chi connectivity index (χ1n) is 5.77. The zero-order valence-corrected chi connectivity index (χ0v) is 10.7. The Bertz CT molecular complexity index is 457. The molecule has 0 aliphatic carbocycles. The highest BCUT2D eigenvalue weighted by molar-refractivity contribution is 7.99. The SMILES string of the molecule is CCNCc1cccnc1Sc1ccccc1. The lowest BCUT2D eigenvalue weighted by Gasteiger charge is -2.08. The van der Waals surface area contributed by atoms with Gasteiger partial charge in [0, 0.05) is 17.6 Å². The molecule has 2 rings (SSSR count). The van der Waals surface area contributed by atoms with Crippen LogP contribution in [0, 0.1) is 0 Å². The summed E-state index contributed by atoms with van der Waals surface area (Å²) in [6, 6.07) is 14.5. The molecular formula is C14H16N2S. The number of hydrogen-bond acceptors (Lipinski definition) is 3. The molecule has 0 aliphatic rings. The van der Waals surface area contributed by atoms with Crippen molar-refractivity contribution in [2.24, 2.45) is 0 Å². The first-order valence-corrected chi connectivity index (χ1v) is 6.59. The third-order valence-electron chi connectivity index (χ3n) is 2.37. The lowest BCUT2D eigenvalue weighted by molar-refractivity contribution is 0.711. The van der Waals surface area contributed by atoms with Crippen LogP contribution in [0.25, 0.3) is 0 Å². The van der Waals surface area contributed by atoms with E-state index in [-0.39, 0.29) is 0 Å². The van der Waals surface area contributed by atoms with E-state index >= 15 is 0 Å². The fraction of sp³-hybridized carbons (Fsp3) is 0.214. The largest absolute Gasteiger partial charge is 0.313 e. The Labute approximate surface area is 106 Å². The Morgan fingerprint density at radius 2 is 1.94 bits per heavy atom. The van der Waals surface area contributed by atoms with E-state index in [1.165, 1.54) is 10.5 Å². The number of aromatic nitrogens is 1. The van der Waals surface area contributed by atoms with Crippen molar-refractivity contribution in [3.63, 3.8) is 0 Å². The van der Waals surface area contributed by atoms with E-state index in [1.54, 1.807) is 11.8 Å². The lowest BCUT2D eigenvalue weighted by atomic mass is 10.3. The van der Waals surface area contributed by atoms with Gasteiger partial charge in [-0.05, 0) is 30.3 Å². The highest BCUT2D eigenvalue weighted by Crippen LogP contribution is 2.28. The summed E-state index contributed by atoms with van der Waals surface area (Å²) in [6.07, 6.45) is 1.85. The first-order chi connectivity index (χ1) is 8.40. The zero-order chi connectivity index (χ0) is 11.9. The summed E-state index contributed by atoms with van der Waals surface area (Å²) in [5, 5.41) is 4.42. The second-order valence-corrected chi connectivity index (χ2v) is 4.73. The van der Waals surface area contributed by atoms with Crippen LogP contribution in [-0.2, 0) is 6.54 Å². The van der Waals surface area contributed by atoms with Gasteiger partial charge in [0.05, 0.1) is 0 Å².